The number of nitro groups is 1. The van der Waals surface area contributed by atoms with Crippen molar-refractivity contribution in [1.29, 1.82) is 0 Å². The van der Waals surface area contributed by atoms with Crippen LogP contribution in [-0.2, 0) is 13.0 Å². The summed E-state index contributed by atoms with van der Waals surface area (Å²) in [5.74, 6) is -0.490. The normalized spacial score (nSPS) is 15.7. The van der Waals surface area contributed by atoms with Crippen LogP contribution in [0, 0.1) is 23.0 Å². The van der Waals surface area contributed by atoms with Crippen molar-refractivity contribution in [2.45, 2.75) is 46.2 Å². The monoisotopic (exact) mass is 399 g/mol. The average molecular weight is 399 g/mol. The molecular weight excluding hydrogens is 374 g/mol. The van der Waals surface area contributed by atoms with Gasteiger partial charge in [-0.25, -0.2) is 0 Å². The highest BCUT2D eigenvalue weighted by Crippen LogP contribution is 2.25. The maximum atomic E-state index is 12.6. The summed E-state index contributed by atoms with van der Waals surface area (Å²) in [5.41, 5.74) is 1.76. The molecule has 1 aromatic carbocycles. The van der Waals surface area contributed by atoms with Crippen LogP contribution in [0.25, 0.3) is 0 Å². The van der Waals surface area contributed by atoms with Gasteiger partial charge in [-0.3, -0.25) is 24.4 Å². The zero-order valence-electron chi connectivity index (χ0n) is 16.8. The van der Waals surface area contributed by atoms with Gasteiger partial charge in [-0.2, -0.15) is 5.10 Å². The van der Waals surface area contributed by atoms with Gasteiger partial charge in [-0.05, 0) is 45.6 Å². The quantitative estimate of drug-likeness (QED) is 0.570. The minimum absolute atomic E-state index is 0.0295. The second kappa shape index (κ2) is 8.42. The molecule has 0 spiro atoms. The molecule has 1 aromatic heterocycles. The summed E-state index contributed by atoms with van der Waals surface area (Å²) in [6, 6.07) is 4.74. The highest BCUT2D eigenvalue weighted by molar-refractivity contribution is 5.98. The first-order valence-electron chi connectivity index (χ1n) is 9.65. The Morgan fingerprint density at radius 1 is 1.31 bits per heavy atom. The number of hydrogen-bond donors (Lipinski definition) is 2. The van der Waals surface area contributed by atoms with Gasteiger partial charge in [0.2, 0.25) is 0 Å². The number of amides is 2. The Balaban J connectivity index is 1.68. The lowest BCUT2D eigenvalue weighted by molar-refractivity contribution is -0.385. The van der Waals surface area contributed by atoms with Gasteiger partial charge >= 0.3 is 0 Å². The van der Waals surface area contributed by atoms with Crippen LogP contribution in [0.15, 0.2) is 24.4 Å². The number of hydrogen-bond acceptors (Lipinski definition) is 5. The minimum atomic E-state index is -0.525. The van der Waals surface area contributed by atoms with E-state index >= 15 is 0 Å². The third kappa shape index (κ3) is 4.44. The van der Waals surface area contributed by atoms with Gasteiger partial charge in [0.05, 0.1) is 22.4 Å². The van der Waals surface area contributed by atoms with Crippen molar-refractivity contribution in [3.05, 3.63) is 56.9 Å². The van der Waals surface area contributed by atoms with Gasteiger partial charge in [0.15, 0.2) is 0 Å². The fraction of sp³-hybridized carbons (Fsp3) is 0.450. The molecule has 3 rings (SSSR count). The Bertz CT molecular complexity index is 950. The molecule has 0 fully saturated rings. The summed E-state index contributed by atoms with van der Waals surface area (Å²) in [5, 5.41) is 21.3. The summed E-state index contributed by atoms with van der Waals surface area (Å²) < 4.78 is 1.83. The number of nitrogens with zero attached hydrogens (tertiary/aromatic N) is 3. The number of nitro benzene ring substituents is 1. The first-order valence-corrected chi connectivity index (χ1v) is 9.65. The molecule has 0 saturated carbocycles. The number of rotatable bonds is 6. The Kier molecular flexibility index (Phi) is 5.95. The van der Waals surface area contributed by atoms with E-state index in [9.17, 15) is 19.7 Å². The Morgan fingerprint density at radius 2 is 2.07 bits per heavy atom. The second-order valence-electron chi connectivity index (χ2n) is 7.65. The van der Waals surface area contributed by atoms with Crippen molar-refractivity contribution in [2.24, 2.45) is 5.92 Å². The predicted molar refractivity (Wildman–Crippen MR) is 107 cm³/mol. The molecular formula is C20H25N5O4. The van der Waals surface area contributed by atoms with E-state index in [1.165, 1.54) is 6.07 Å². The minimum Gasteiger partial charge on any atom is -0.352 e. The van der Waals surface area contributed by atoms with Crippen LogP contribution >= 0.6 is 0 Å². The molecule has 1 atom stereocenters. The number of aryl methyl sites for hydroxylation is 2. The van der Waals surface area contributed by atoms with E-state index in [0.29, 0.717) is 30.6 Å². The number of benzene rings is 1. The van der Waals surface area contributed by atoms with Crippen molar-refractivity contribution in [3.8, 4) is 0 Å². The molecule has 1 unspecified atom stereocenters. The van der Waals surface area contributed by atoms with Crippen LogP contribution < -0.4 is 10.6 Å². The molecule has 0 bridgehead atoms. The molecule has 1 aliphatic heterocycles. The Hall–Kier alpha value is -3.23. The summed E-state index contributed by atoms with van der Waals surface area (Å²) in [7, 11) is 0. The summed E-state index contributed by atoms with van der Waals surface area (Å²) in [4.78, 5) is 35.7. The third-order valence-corrected chi connectivity index (χ3v) is 5.06. The van der Waals surface area contributed by atoms with Crippen LogP contribution in [0.2, 0.25) is 0 Å². The van der Waals surface area contributed by atoms with E-state index < -0.39 is 10.8 Å². The number of fused-ring (bicyclic) bond motifs is 1. The molecule has 2 heterocycles. The number of carbonyl (C=O) groups excluding carboxylic acids is 2. The smallest absolute Gasteiger partial charge is 0.285 e. The lowest BCUT2D eigenvalue weighted by Gasteiger charge is -2.24. The lowest BCUT2D eigenvalue weighted by atomic mass is 9.94. The van der Waals surface area contributed by atoms with Gasteiger partial charge < -0.3 is 10.6 Å². The second-order valence-corrected chi connectivity index (χ2v) is 7.65. The SMILES string of the molecule is Cc1cccc(C(=O)NCC2CCn3ncc(C(=O)NC(C)C)c3C2)c1[N+](=O)[O-]. The van der Waals surface area contributed by atoms with Crippen molar-refractivity contribution in [1.82, 2.24) is 20.4 Å². The third-order valence-electron chi connectivity index (χ3n) is 5.06. The Labute approximate surface area is 168 Å². The van der Waals surface area contributed by atoms with E-state index in [4.69, 9.17) is 0 Å². The fourth-order valence-electron chi connectivity index (χ4n) is 3.62. The molecule has 0 radical (unpaired) electrons. The van der Waals surface area contributed by atoms with Gasteiger partial charge in [0, 0.05) is 24.7 Å². The van der Waals surface area contributed by atoms with Crippen molar-refractivity contribution in [2.75, 3.05) is 6.54 Å². The van der Waals surface area contributed by atoms with Gasteiger partial charge in [-0.1, -0.05) is 12.1 Å². The molecule has 29 heavy (non-hydrogen) atoms. The highest BCUT2D eigenvalue weighted by Gasteiger charge is 2.27. The largest absolute Gasteiger partial charge is 0.352 e. The molecule has 0 aliphatic carbocycles. The lowest BCUT2D eigenvalue weighted by Crippen LogP contribution is -2.35. The zero-order chi connectivity index (χ0) is 21.1. The van der Waals surface area contributed by atoms with Crippen LogP contribution in [0.4, 0.5) is 5.69 Å². The standard InChI is InChI=1S/C20H25N5O4/c1-12(2)23-20(27)16-11-22-24-8-7-14(9-17(16)24)10-21-19(26)15-6-4-5-13(3)18(15)25(28)29/h4-6,11-12,14H,7-10H2,1-3H3,(H,21,26)(H,23,27). The van der Waals surface area contributed by atoms with Crippen LogP contribution in [0.3, 0.4) is 0 Å². The van der Waals surface area contributed by atoms with E-state index in [-0.39, 0.29) is 29.1 Å². The fourth-order valence-corrected chi connectivity index (χ4v) is 3.62. The number of para-hydroxylation sites is 1. The van der Waals surface area contributed by atoms with Crippen LogP contribution in [0.5, 0.6) is 0 Å². The van der Waals surface area contributed by atoms with Crippen LogP contribution in [0.1, 0.15) is 52.2 Å². The van der Waals surface area contributed by atoms with E-state index in [1.807, 2.05) is 18.5 Å². The molecule has 2 N–H and O–H groups in total. The maximum absolute atomic E-state index is 12.6. The Morgan fingerprint density at radius 3 is 2.76 bits per heavy atom. The molecule has 2 aromatic rings. The highest BCUT2D eigenvalue weighted by atomic mass is 16.6. The first kappa shape index (κ1) is 20.5. The number of nitrogens with one attached hydrogen (secondary N) is 2. The predicted octanol–water partition coefficient (Wildman–Crippen LogP) is 2.23. The van der Waals surface area contributed by atoms with Gasteiger partial charge in [0.25, 0.3) is 17.5 Å². The van der Waals surface area contributed by atoms with Gasteiger partial charge in [0.1, 0.15) is 5.56 Å². The average Bonchev–Trinajstić information content (AvgIpc) is 3.08. The molecule has 2 amide bonds. The molecule has 9 heteroatoms. The topological polar surface area (TPSA) is 119 Å². The van der Waals surface area contributed by atoms with Gasteiger partial charge in [-0.15, -0.1) is 0 Å². The maximum Gasteiger partial charge on any atom is 0.285 e. The van der Waals surface area contributed by atoms with E-state index in [0.717, 1.165) is 12.1 Å². The molecule has 9 nitrogen and oxygen atoms in total. The van der Waals surface area contributed by atoms with Crippen molar-refractivity contribution >= 4 is 17.5 Å². The number of aromatic nitrogens is 2. The summed E-state index contributed by atoms with van der Waals surface area (Å²) >= 11 is 0. The summed E-state index contributed by atoms with van der Waals surface area (Å²) in [6.07, 6.45) is 3.00. The molecule has 0 saturated heterocycles. The van der Waals surface area contributed by atoms with E-state index in [1.54, 1.807) is 25.3 Å². The number of carbonyl (C=O) groups is 2. The van der Waals surface area contributed by atoms with Crippen molar-refractivity contribution in [3.63, 3.8) is 0 Å². The summed E-state index contributed by atoms with van der Waals surface area (Å²) in [6.45, 7) is 6.45. The van der Waals surface area contributed by atoms with Crippen LogP contribution in [-0.4, -0.2) is 39.1 Å². The van der Waals surface area contributed by atoms with E-state index in [2.05, 4.69) is 15.7 Å². The molecule has 154 valence electrons. The molecule has 1 aliphatic rings. The van der Waals surface area contributed by atoms with Crippen molar-refractivity contribution < 1.29 is 14.5 Å². The zero-order valence-corrected chi connectivity index (χ0v) is 16.8. The first-order chi connectivity index (χ1) is 13.8.